The smallest absolute Gasteiger partial charge is 0.389 e. The third-order valence-corrected chi connectivity index (χ3v) is 4.72. The fourth-order valence-electron chi connectivity index (χ4n) is 2.11. The topological polar surface area (TPSA) is 75.6 Å². The van der Waals surface area contributed by atoms with Gasteiger partial charge in [-0.15, -0.1) is 11.3 Å². The van der Waals surface area contributed by atoms with E-state index in [2.05, 4.69) is 20.6 Å². The highest BCUT2D eigenvalue weighted by molar-refractivity contribution is 7.13. The molecule has 1 rings (SSSR count). The Labute approximate surface area is 155 Å². The molecule has 0 aliphatic carbocycles. The summed E-state index contributed by atoms with van der Waals surface area (Å²) < 4.78 is 41.3. The average molecular weight is 394 g/mol. The van der Waals surface area contributed by atoms with Gasteiger partial charge in [0.15, 0.2) is 5.96 Å². The van der Waals surface area contributed by atoms with Crippen molar-refractivity contribution in [3.05, 3.63) is 15.6 Å². The molecule has 2 N–H and O–H groups in total. The third-order valence-electron chi connectivity index (χ3n) is 3.40. The van der Waals surface area contributed by atoms with E-state index < -0.39 is 18.6 Å². The SMILES string of the molecule is CCOC(=O)c1sc(C(C)NC(=NC)NCCCCC(F)(F)F)nc1C. The molecule has 1 atom stereocenters. The van der Waals surface area contributed by atoms with Gasteiger partial charge in [0, 0.05) is 20.0 Å². The maximum atomic E-state index is 12.1. The van der Waals surface area contributed by atoms with Crippen LogP contribution >= 0.6 is 11.3 Å². The Balaban J connectivity index is 2.53. The van der Waals surface area contributed by atoms with E-state index in [0.717, 1.165) is 0 Å². The van der Waals surface area contributed by atoms with Gasteiger partial charge >= 0.3 is 12.1 Å². The van der Waals surface area contributed by atoms with Crippen LogP contribution in [-0.2, 0) is 4.74 Å². The lowest BCUT2D eigenvalue weighted by Gasteiger charge is -2.16. The van der Waals surface area contributed by atoms with Gasteiger partial charge in [-0.05, 0) is 33.6 Å². The second-order valence-electron chi connectivity index (χ2n) is 5.62. The Kier molecular flexibility index (Phi) is 8.83. The molecule has 0 aliphatic heterocycles. The summed E-state index contributed by atoms with van der Waals surface area (Å²) in [6, 6.07) is -0.219. The molecule has 0 saturated carbocycles. The summed E-state index contributed by atoms with van der Waals surface area (Å²) in [5.74, 6) is 0.0724. The van der Waals surface area contributed by atoms with Crippen LogP contribution in [0.1, 0.15) is 59.5 Å². The van der Waals surface area contributed by atoms with Gasteiger partial charge in [0.25, 0.3) is 0 Å². The van der Waals surface area contributed by atoms with Gasteiger partial charge in [-0.2, -0.15) is 13.2 Å². The Morgan fingerprint density at radius 3 is 2.65 bits per heavy atom. The molecule has 0 aromatic carbocycles. The van der Waals surface area contributed by atoms with Crippen molar-refractivity contribution >= 4 is 23.3 Å². The summed E-state index contributed by atoms with van der Waals surface area (Å²) in [5, 5.41) is 6.79. The highest BCUT2D eigenvalue weighted by Gasteiger charge is 2.25. The quantitative estimate of drug-likeness (QED) is 0.305. The van der Waals surface area contributed by atoms with Crippen molar-refractivity contribution in [2.24, 2.45) is 4.99 Å². The van der Waals surface area contributed by atoms with E-state index in [1.807, 2.05) is 6.92 Å². The fraction of sp³-hybridized carbons (Fsp3) is 0.688. The lowest BCUT2D eigenvalue weighted by molar-refractivity contribution is -0.135. The highest BCUT2D eigenvalue weighted by atomic mass is 32.1. The summed E-state index contributed by atoms with van der Waals surface area (Å²) in [7, 11) is 1.58. The molecule has 0 bridgehead atoms. The summed E-state index contributed by atoms with van der Waals surface area (Å²) in [4.78, 5) is 20.8. The number of hydrogen-bond donors (Lipinski definition) is 2. The third kappa shape index (κ3) is 7.59. The largest absolute Gasteiger partial charge is 0.462 e. The predicted octanol–water partition coefficient (Wildman–Crippen LogP) is 3.59. The first kappa shape index (κ1) is 22.2. The number of aryl methyl sites for hydroxylation is 1. The number of esters is 1. The monoisotopic (exact) mass is 394 g/mol. The van der Waals surface area contributed by atoms with E-state index >= 15 is 0 Å². The first-order chi connectivity index (χ1) is 12.2. The molecule has 0 fully saturated rings. The molecule has 10 heteroatoms. The lowest BCUT2D eigenvalue weighted by atomic mass is 10.2. The molecule has 6 nitrogen and oxygen atoms in total. The lowest BCUT2D eigenvalue weighted by Crippen LogP contribution is -2.39. The molecular weight excluding hydrogens is 369 g/mol. The number of ether oxygens (including phenoxy) is 1. The van der Waals surface area contributed by atoms with Crippen LogP contribution in [0, 0.1) is 6.92 Å². The molecule has 0 amide bonds. The van der Waals surface area contributed by atoms with Crippen LogP contribution in [-0.4, -0.2) is 43.3 Å². The van der Waals surface area contributed by atoms with Gasteiger partial charge < -0.3 is 15.4 Å². The summed E-state index contributed by atoms with van der Waals surface area (Å²) in [6.45, 7) is 6.03. The van der Waals surface area contributed by atoms with E-state index in [9.17, 15) is 18.0 Å². The number of guanidine groups is 1. The molecule has 1 aromatic heterocycles. The summed E-state index contributed by atoms with van der Waals surface area (Å²) in [6.07, 6.45) is -4.45. The highest BCUT2D eigenvalue weighted by Crippen LogP contribution is 2.24. The molecule has 1 unspecified atom stereocenters. The number of aliphatic imine (C=N–C) groups is 1. The normalized spacial score (nSPS) is 13.4. The molecule has 26 heavy (non-hydrogen) atoms. The van der Waals surface area contributed by atoms with Gasteiger partial charge in [-0.25, -0.2) is 9.78 Å². The molecule has 0 saturated heterocycles. The average Bonchev–Trinajstić information content (AvgIpc) is 2.94. The van der Waals surface area contributed by atoms with Gasteiger partial charge in [0.05, 0.1) is 18.3 Å². The number of nitrogens with zero attached hydrogens (tertiary/aromatic N) is 2. The molecule has 148 valence electrons. The van der Waals surface area contributed by atoms with E-state index in [-0.39, 0.29) is 12.5 Å². The Hall–Kier alpha value is -1.84. The predicted molar refractivity (Wildman–Crippen MR) is 95.6 cm³/mol. The van der Waals surface area contributed by atoms with E-state index in [1.165, 1.54) is 11.3 Å². The zero-order chi connectivity index (χ0) is 19.7. The number of halogens is 3. The van der Waals surface area contributed by atoms with E-state index in [4.69, 9.17) is 4.74 Å². The first-order valence-electron chi connectivity index (χ1n) is 8.36. The van der Waals surface area contributed by atoms with Crippen LogP contribution in [0.5, 0.6) is 0 Å². The number of alkyl halides is 3. The van der Waals surface area contributed by atoms with Gasteiger partial charge in [-0.1, -0.05) is 0 Å². The fourth-order valence-corrected chi connectivity index (χ4v) is 3.07. The standard InChI is InChI=1S/C16H25F3N4O2S/c1-5-25-14(24)12-10(2)22-13(26-12)11(3)23-15(20-4)21-9-7-6-8-16(17,18)19/h11H,5-9H2,1-4H3,(H2,20,21,23). The van der Waals surface area contributed by atoms with Crippen molar-refractivity contribution < 1.29 is 22.7 Å². The molecule has 0 radical (unpaired) electrons. The number of nitrogens with one attached hydrogen (secondary N) is 2. The number of aromatic nitrogens is 1. The Bertz CT molecular complexity index is 617. The number of rotatable bonds is 8. The molecular formula is C16H25F3N4O2S. The van der Waals surface area contributed by atoms with Crippen molar-refractivity contribution in [2.45, 2.75) is 52.3 Å². The molecule has 1 heterocycles. The van der Waals surface area contributed by atoms with Crippen molar-refractivity contribution in [3.63, 3.8) is 0 Å². The van der Waals surface area contributed by atoms with Crippen molar-refractivity contribution in [3.8, 4) is 0 Å². The number of unbranched alkanes of at least 4 members (excludes halogenated alkanes) is 1. The van der Waals surface area contributed by atoms with Crippen LogP contribution < -0.4 is 10.6 Å². The molecule has 0 spiro atoms. The number of thiazole rings is 1. The minimum Gasteiger partial charge on any atom is -0.462 e. The first-order valence-corrected chi connectivity index (χ1v) is 9.18. The number of hydrogen-bond acceptors (Lipinski definition) is 5. The van der Waals surface area contributed by atoms with Crippen molar-refractivity contribution in [1.29, 1.82) is 0 Å². The van der Waals surface area contributed by atoms with Crippen molar-refractivity contribution in [1.82, 2.24) is 15.6 Å². The van der Waals surface area contributed by atoms with Gasteiger partial charge in [0.1, 0.15) is 9.88 Å². The maximum Gasteiger partial charge on any atom is 0.389 e. The van der Waals surface area contributed by atoms with Crippen LogP contribution in [0.4, 0.5) is 13.2 Å². The van der Waals surface area contributed by atoms with Gasteiger partial charge in [-0.3, -0.25) is 4.99 Å². The van der Waals surface area contributed by atoms with Crippen LogP contribution in [0.15, 0.2) is 4.99 Å². The maximum absolute atomic E-state index is 12.1. The summed E-state index contributed by atoms with van der Waals surface area (Å²) in [5.41, 5.74) is 0.604. The van der Waals surface area contributed by atoms with Crippen molar-refractivity contribution in [2.75, 3.05) is 20.2 Å². The minimum atomic E-state index is -4.12. The zero-order valence-electron chi connectivity index (χ0n) is 15.4. The molecule has 1 aromatic rings. The second kappa shape index (κ2) is 10.3. The van der Waals surface area contributed by atoms with Crippen LogP contribution in [0.2, 0.25) is 0 Å². The van der Waals surface area contributed by atoms with Crippen LogP contribution in [0.25, 0.3) is 0 Å². The van der Waals surface area contributed by atoms with E-state index in [0.29, 0.717) is 41.1 Å². The van der Waals surface area contributed by atoms with Gasteiger partial charge in [0.2, 0.25) is 0 Å². The van der Waals surface area contributed by atoms with Crippen LogP contribution in [0.3, 0.4) is 0 Å². The molecule has 0 aliphatic rings. The van der Waals surface area contributed by atoms with E-state index in [1.54, 1.807) is 20.9 Å². The summed E-state index contributed by atoms with van der Waals surface area (Å²) >= 11 is 1.25. The number of carbonyl (C=O) groups excluding carboxylic acids is 1. The zero-order valence-corrected chi connectivity index (χ0v) is 16.2. The Morgan fingerprint density at radius 1 is 1.38 bits per heavy atom. The second-order valence-corrected chi connectivity index (χ2v) is 6.66. The number of carbonyl (C=O) groups is 1. The minimum absolute atomic E-state index is 0.0671. The Morgan fingerprint density at radius 2 is 2.08 bits per heavy atom.